The molecule has 1 saturated heterocycles. The van der Waals surface area contributed by atoms with Gasteiger partial charge in [0, 0.05) is 25.4 Å². The summed E-state index contributed by atoms with van der Waals surface area (Å²) in [7, 11) is 0. The van der Waals surface area contributed by atoms with E-state index in [9.17, 15) is 4.79 Å². The highest BCUT2D eigenvalue weighted by Crippen LogP contribution is 2.30. The van der Waals surface area contributed by atoms with Gasteiger partial charge in [0.15, 0.2) is 0 Å². The smallest absolute Gasteiger partial charge is 0.222 e. The van der Waals surface area contributed by atoms with E-state index in [1.807, 2.05) is 4.90 Å². The van der Waals surface area contributed by atoms with E-state index < -0.39 is 0 Å². The number of nitrogens with zero attached hydrogens (tertiary/aromatic N) is 1. The molecule has 2 nitrogen and oxygen atoms in total. The third-order valence-electron chi connectivity index (χ3n) is 3.49. The van der Waals surface area contributed by atoms with E-state index in [1.165, 1.54) is 0 Å². The molecule has 0 aliphatic carbocycles. The van der Waals surface area contributed by atoms with Gasteiger partial charge < -0.3 is 4.90 Å². The molecule has 0 bridgehead atoms. The molecule has 0 radical (unpaired) electrons. The molecule has 0 aromatic heterocycles. The molecule has 0 saturated carbocycles. The van der Waals surface area contributed by atoms with Crippen LogP contribution in [0.4, 0.5) is 0 Å². The second-order valence-electron chi connectivity index (χ2n) is 5.54. The first kappa shape index (κ1) is 13.8. The highest BCUT2D eigenvalue weighted by atomic mass is 35.5. The molecule has 1 heterocycles. The third kappa shape index (κ3) is 4.73. The third-order valence-corrected chi connectivity index (χ3v) is 3.76. The monoisotopic (exact) mass is 245 g/mol. The molecule has 1 amide bonds. The van der Waals surface area contributed by atoms with Gasteiger partial charge in [0.25, 0.3) is 0 Å². The number of carbonyl (C=O) groups excluding carboxylic acids is 1. The van der Waals surface area contributed by atoms with Gasteiger partial charge in [-0.25, -0.2) is 0 Å². The van der Waals surface area contributed by atoms with Gasteiger partial charge in [-0.05, 0) is 31.1 Å². The van der Waals surface area contributed by atoms with Crippen LogP contribution in [0.5, 0.6) is 0 Å². The average Bonchev–Trinajstić information content (AvgIpc) is 2.36. The molecule has 0 spiro atoms. The second kappa shape index (κ2) is 6.48. The number of halogens is 1. The predicted molar refractivity (Wildman–Crippen MR) is 68.8 cm³/mol. The average molecular weight is 246 g/mol. The summed E-state index contributed by atoms with van der Waals surface area (Å²) in [5.41, 5.74) is 0.334. The van der Waals surface area contributed by atoms with Crippen molar-refractivity contribution in [1.29, 1.82) is 0 Å². The fraction of sp³-hybridized carbons (Fsp3) is 0.923. The van der Waals surface area contributed by atoms with Gasteiger partial charge in [0.1, 0.15) is 0 Å². The molecule has 3 heteroatoms. The molecule has 0 atom stereocenters. The van der Waals surface area contributed by atoms with E-state index in [-0.39, 0.29) is 0 Å². The van der Waals surface area contributed by atoms with Gasteiger partial charge in [0.2, 0.25) is 5.91 Å². The highest BCUT2D eigenvalue weighted by Gasteiger charge is 2.26. The first-order valence-corrected chi connectivity index (χ1v) is 6.92. The van der Waals surface area contributed by atoms with Crippen LogP contribution in [-0.2, 0) is 4.79 Å². The van der Waals surface area contributed by atoms with Crippen LogP contribution in [0.3, 0.4) is 0 Å². The maximum absolute atomic E-state index is 11.9. The molecule has 1 rings (SSSR count). The van der Waals surface area contributed by atoms with Crippen LogP contribution < -0.4 is 0 Å². The standard InChI is InChI=1S/C13H24ClNO/c1-13(2)7-6-12(16)15(11-8-13)10-5-3-4-9-14/h3-11H2,1-2H3. The minimum absolute atomic E-state index is 0.334. The summed E-state index contributed by atoms with van der Waals surface area (Å²) in [4.78, 5) is 13.9. The zero-order chi connectivity index (χ0) is 12.0. The lowest BCUT2D eigenvalue weighted by molar-refractivity contribution is -0.130. The molecule has 1 aliphatic rings. The minimum atomic E-state index is 0.334. The van der Waals surface area contributed by atoms with Gasteiger partial charge in [-0.1, -0.05) is 20.3 Å². The van der Waals surface area contributed by atoms with Crippen LogP contribution in [-0.4, -0.2) is 29.8 Å². The molecule has 0 aromatic carbocycles. The van der Waals surface area contributed by atoms with E-state index in [4.69, 9.17) is 11.6 Å². The Bertz CT molecular complexity index is 228. The van der Waals surface area contributed by atoms with Crippen molar-refractivity contribution in [1.82, 2.24) is 4.90 Å². The highest BCUT2D eigenvalue weighted by molar-refractivity contribution is 6.17. The normalized spacial score (nSPS) is 20.9. The lowest BCUT2D eigenvalue weighted by Gasteiger charge is -2.23. The summed E-state index contributed by atoms with van der Waals surface area (Å²) in [5, 5.41) is 0. The summed E-state index contributed by atoms with van der Waals surface area (Å²) in [6.45, 7) is 6.38. The van der Waals surface area contributed by atoms with E-state index in [1.54, 1.807) is 0 Å². The zero-order valence-corrected chi connectivity index (χ0v) is 11.4. The molecular weight excluding hydrogens is 222 g/mol. The minimum Gasteiger partial charge on any atom is -0.343 e. The molecule has 0 N–H and O–H groups in total. The van der Waals surface area contributed by atoms with Gasteiger partial charge in [-0.15, -0.1) is 11.6 Å². The van der Waals surface area contributed by atoms with Crippen LogP contribution in [0.25, 0.3) is 0 Å². The van der Waals surface area contributed by atoms with Gasteiger partial charge in [-0.3, -0.25) is 4.79 Å². The number of likely N-dealkylation sites (tertiary alicyclic amines) is 1. The van der Waals surface area contributed by atoms with Crippen LogP contribution >= 0.6 is 11.6 Å². The number of alkyl halides is 1. The summed E-state index contributed by atoms with van der Waals surface area (Å²) in [5.74, 6) is 1.08. The van der Waals surface area contributed by atoms with E-state index >= 15 is 0 Å². The van der Waals surface area contributed by atoms with E-state index in [0.717, 1.165) is 57.5 Å². The fourth-order valence-electron chi connectivity index (χ4n) is 2.10. The number of amides is 1. The lowest BCUT2D eigenvalue weighted by Crippen LogP contribution is -2.31. The largest absolute Gasteiger partial charge is 0.343 e. The van der Waals surface area contributed by atoms with Crippen LogP contribution in [0, 0.1) is 5.41 Å². The van der Waals surface area contributed by atoms with Crippen molar-refractivity contribution in [2.45, 2.75) is 52.4 Å². The Hall–Kier alpha value is -0.240. The molecule has 0 unspecified atom stereocenters. The maximum atomic E-state index is 11.9. The van der Waals surface area contributed by atoms with Crippen molar-refractivity contribution in [3.05, 3.63) is 0 Å². The van der Waals surface area contributed by atoms with Crippen molar-refractivity contribution in [3.8, 4) is 0 Å². The number of carbonyl (C=O) groups is 1. The van der Waals surface area contributed by atoms with Crippen molar-refractivity contribution < 1.29 is 4.79 Å². The van der Waals surface area contributed by atoms with Gasteiger partial charge in [-0.2, -0.15) is 0 Å². The van der Waals surface area contributed by atoms with Crippen LogP contribution in [0.1, 0.15) is 52.4 Å². The zero-order valence-electron chi connectivity index (χ0n) is 10.6. The van der Waals surface area contributed by atoms with Gasteiger partial charge >= 0.3 is 0 Å². The topological polar surface area (TPSA) is 20.3 Å². The Morgan fingerprint density at radius 2 is 2.00 bits per heavy atom. The van der Waals surface area contributed by atoms with Gasteiger partial charge in [0.05, 0.1) is 0 Å². The molecule has 1 fully saturated rings. The quantitative estimate of drug-likeness (QED) is 0.537. The Morgan fingerprint density at radius 1 is 1.25 bits per heavy atom. The van der Waals surface area contributed by atoms with Crippen molar-refractivity contribution in [3.63, 3.8) is 0 Å². The summed E-state index contributed by atoms with van der Waals surface area (Å²) in [6.07, 6.45) is 6.19. The number of hydrogen-bond donors (Lipinski definition) is 0. The molecule has 94 valence electrons. The Kier molecular flexibility index (Phi) is 5.60. The Morgan fingerprint density at radius 3 is 2.69 bits per heavy atom. The van der Waals surface area contributed by atoms with Crippen LogP contribution in [0.15, 0.2) is 0 Å². The van der Waals surface area contributed by atoms with Crippen molar-refractivity contribution >= 4 is 17.5 Å². The first-order valence-electron chi connectivity index (χ1n) is 6.39. The molecule has 0 aromatic rings. The summed E-state index contributed by atoms with van der Waals surface area (Å²) >= 11 is 5.63. The summed E-state index contributed by atoms with van der Waals surface area (Å²) in [6, 6.07) is 0. The number of rotatable bonds is 5. The molecular formula is C13H24ClNO. The Labute approximate surface area is 104 Å². The predicted octanol–water partition coefficient (Wildman–Crippen LogP) is 3.43. The number of hydrogen-bond acceptors (Lipinski definition) is 1. The molecule has 1 aliphatic heterocycles. The van der Waals surface area contributed by atoms with Crippen molar-refractivity contribution in [2.75, 3.05) is 19.0 Å². The summed E-state index contributed by atoms with van der Waals surface area (Å²) < 4.78 is 0. The van der Waals surface area contributed by atoms with Crippen molar-refractivity contribution in [2.24, 2.45) is 5.41 Å². The fourth-order valence-corrected chi connectivity index (χ4v) is 2.29. The molecule has 16 heavy (non-hydrogen) atoms. The Balaban J connectivity index is 2.32. The van der Waals surface area contributed by atoms with E-state index in [2.05, 4.69) is 13.8 Å². The first-order chi connectivity index (χ1) is 7.55. The number of unbranched alkanes of at least 4 members (excludes halogenated alkanes) is 2. The van der Waals surface area contributed by atoms with E-state index in [0.29, 0.717) is 11.3 Å². The second-order valence-corrected chi connectivity index (χ2v) is 5.92. The lowest BCUT2D eigenvalue weighted by atomic mass is 9.85. The maximum Gasteiger partial charge on any atom is 0.222 e. The SMILES string of the molecule is CC1(C)CCC(=O)N(CCCCCCl)CC1. The van der Waals surface area contributed by atoms with Crippen LogP contribution in [0.2, 0.25) is 0 Å².